The molecule has 1 fully saturated rings. The van der Waals surface area contributed by atoms with E-state index in [-0.39, 0.29) is 6.03 Å². The molecule has 4 heteroatoms. The highest BCUT2D eigenvalue weighted by atomic mass is 16.5. The van der Waals surface area contributed by atoms with Crippen molar-refractivity contribution in [2.75, 3.05) is 25.0 Å². The second kappa shape index (κ2) is 6.64. The third-order valence-corrected chi connectivity index (χ3v) is 3.57. The number of nitrogens with one attached hydrogen (secondary N) is 1. The third-order valence-electron chi connectivity index (χ3n) is 3.57. The van der Waals surface area contributed by atoms with Gasteiger partial charge in [0.1, 0.15) is 5.75 Å². The van der Waals surface area contributed by atoms with Crippen molar-refractivity contribution < 1.29 is 9.53 Å². The fourth-order valence-corrected chi connectivity index (χ4v) is 2.83. The van der Waals surface area contributed by atoms with E-state index in [4.69, 9.17) is 4.74 Å². The number of urea groups is 1. The van der Waals surface area contributed by atoms with Gasteiger partial charge in [-0.05, 0) is 49.4 Å². The molecule has 0 radical (unpaired) electrons. The molecule has 1 aromatic rings. The molecule has 4 nitrogen and oxygen atoms in total. The SMILES string of the molecule is CCOc1ccc(NC(=O)N2C[C@H](C)C[C@@H](C)C2)cc1. The molecule has 0 bridgehead atoms. The Morgan fingerprint density at radius 3 is 2.40 bits per heavy atom. The minimum atomic E-state index is -0.00689. The van der Waals surface area contributed by atoms with E-state index in [2.05, 4.69) is 19.2 Å². The highest BCUT2D eigenvalue weighted by Crippen LogP contribution is 2.22. The van der Waals surface area contributed by atoms with Gasteiger partial charge >= 0.3 is 6.03 Å². The molecule has 2 amide bonds. The van der Waals surface area contributed by atoms with Crippen molar-refractivity contribution in [3.05, 3.63) is 24.3 Å². The molecule has 2 rings (SSSR count). The van der Waals surface area contributed by atoms with E-state index in [0.29, 0.717) is 18.4 Å². The van der Waals surface area contributed by atoms with Gasteiger partial charge in [0.2, 0.25) is 0 Å². The first-order valence-electron chi connectivity index (χ1n) is 7.37. The van der Waals surface area contributed by atoms with Crippen LogP contribution in [0.2, 0.25) is 0 Å². The molecule has 0 saturated carbocycles. The van der Waals surface area contributed by atoms with Crippen LogP contribution in [-0.4, -0.2) is 30.6 Å². The molecule has 1 saturated heterocycles. The van der Waals surface area contributed by atoms with Gasteiger partial charge < -0.3 is 15.0 Å². The highest BCUT2D eigenvalue weighted by molar-refractivity contribution is 5.89. The summed E-state index contributed by atoms with van der Waals surface area (Å²) in [6.07, 6.45) is 1.20. The van der Waals surface area contributed by atoms with Gasteiger partial charge in [-0.3, -0.25) is 0 Å². The normalized spacial score (nSPS) is 22.4. The Morgan fingerprint density at radius 1 is 1.25 bits per heavy atom. The van der Waals surface area contributed by atoms with Crippen LogP contribution < -0.4 is 10.1 Å². The predicted octanol–water partition coefficient (Wildman–Crippen LogP) is 3.60. The molecule has 1 aromatic carbocycles. The number of carbonyl (C=O) groups is 1. The van der Waals surface area contributed by atoms with Gasteiger partial charge in [-0.15, -0.1) is 0 Å². The largest absolute Gasteiger partial charge is 0.494 e. The lowest BCUT2D eigenvalue weighted by Crippen LogP contribution is -2.44. The van der Waals surface area contributed by atoms with Gasteiger partial charge in [-0.25, -0.2) is 4.79 Å². The van der Waals surface area contributed by atoms with Crippen molar-refractivity contribution in [3.8, 4) is 5.75 Å². The minimum Gasteiger partial charge on any atom is -0.494 e. The van der Waals surface area contributed by atoms with E-state index < -0.39 is 0 Å². The summed E-state index contributed by atoms with van der Waals surface area (Å²) in [7, 11) is 0. The van der Waals surface area contributed by atoms with Gasteiger partial charge in [-0.2, -0.15) is 0 Å². The van der Waals surface area contributed by atoms with Crippen molar-refractivity contribution in [2.45, 2.75) is 27.2 Å². The first kappa shape index (κ1) is 14.7. The number of carbonyl (C=O) groups excluding carboxylic acids is 1. The number of anilines is 1. The van der Waals surface area contributed by atoms with Gasteiger partial charge in [0.25, 0.3) is 0 Å². The fraction of sp³-hybridized carbons (Fsp3) is 0.562. The molecule has 1 aliphatic heterocycles. The van der Waals surface area contributed by atoms with Gasteiger partial charge in [0.15, 0.2) is 0 Å². The smallest absolute Gasteiger partial charge is 0.321 e. The van der Waals surface area contributed by atoms with Crippen LogP contribution in [-0.2, 0) is 0 Å². The topological polar surface area (TPSA) is 41.6 Å². The lowest BCUT2D eigenvalue weighted by molar-refractivity contribution is 0.156. The van der Waals surface area contributed by atoms with Crippen LogP contribution in [0.1, 0.15) is 27.2 Å². The zero-order valence-corrected chi connectivity index (χ0v) is 12.6. The number of amides is 2. The number of ether oxygens (including phenoxy) is 1. The van der Waals surface area contributed by atoms with Crippen LogP contribution in [0.3, 0.4) is 0 Å². The zero-order chi connectivity index (χ0) is 14.5. The molecule has 0 spiro atoms. The maximum atomic E-state index is 12.3. The monoisotopic (exact) mass is 276 g/mol. The van der Waals surface area contributed by atoms with Crippen molar-refractivity contribution in [1.82, 2.24) is 4.90 Å². The van der Waals surface area contributed by atoms with E-state index >= 15 is 0 Å². The van der Waals surface area contributed by atoms with Crippen LogP contribution in [0.15, 0.2) is 24.3 Å². The Morgan fingerprint density at radius 2 is 1.85 bits per heavy atom. The highest BCUT2D eigenvalue weighted by Gasteiger charge is 2.25. The Kier molecular flexibility index (Phi) is 4.88. The quantitative estimate of drug-likeness (QED) is 0.916. The Labute approximate surface area is 121 Å². The summed E-state index contributed by atoms with van der Waals surface area (Å²) in [5, 5.41) is 2.95. The molecule has 2 atom stereocenters. The summed E-state index contributed by atoms with van der Waals surface area (Å²) in [5.74, 6) is 1.97. The minimum absolute atomic E-state index is 0.00689. The second-order valence-electron chi connectivity index (χ2n) is 5.74. The van der Waals surface area contributed by atoms with Crippen LogP contribution in [0.25, 0.3) is 0 Å². The summed E-state index contributed by atoms with van der Waals surface area (Å²) >= 11 is 0. The average molecular weight is 276 g/mol. The van der Waals surface area contributed by atoms with Crippen LogP contribution in [0, 0.1) is 11.8 Å². The van der Waals surface area contributed by atoms with E-state index in [1.54, 1.807) is 0 Å². The molecule has 1 N–H and O–H groups in total. The molecule has 0 unspecified atom stereocenters. The number of piperidine rings is 1. The molecular formula is C16H24N2O2. The van der Waals surface area contributed by atoms with E-state index in [0.717, 1.165) is 24.5 Å². The molecule has 0 aromatic heterocycles. The Bertz CT molecular complexity index is 434. The molecule has 1 heterocycles. The summed E-state index contributed by atoms with van der Waals surface area (Å²) < 4.78 is 5.39. The van der Waals surface area contributed by atoms with E-state index in [9.17, 15) is 4.79 Å². The first-order chi connectivity index (χ1) is 9.58. The average Bonchev–Trinajstić information content (AvgIpc) is 2.40. The summed E-state index contributed by atoms with van der Waals surface area (Å²) in [6, 6.07) is 7.49. The number of hydrogen-bond donors (Lipinski definition) is 1. The van der Waals surface area contributed by atoms with Crippen LogP contribution >= 0.6 is 0 Å². The number of likely N-dealkylation sites (tertiary alicyclic amines) is 1. The summed E-state index contributed by atoms with van der Waals surface area (Å²) in [4.78, 5) is 14.2. The number of nitrogens with zero attached hydrogens (tertiary/aromatic N) is 1. The summed E-state index contributed by atoms with van der Waals surface area (Å²) in [5.41, 5.74) is 0.810. The molecule has 20 heavy (non-hydrogen) atoms. The molecular weight excluding hydrogens is 252 g/mol. The molecule has 110 valence electrons. The first-order valence-corrected chi connectivity index (χ1v) is 7.37. The number of hydrogen-bond acceptors (Lipinski definition) is 2. The van der Waals surface area contributed by atoms with Crippen molar-refractivity contribution in [1.29, 1.82) is 0 Å². The second-order valence-corrected chi connectivity index (χ2v) is 5.74. The third kappa shape index (κ3) is 3.89. The zero-order valence-electron chi connectivity index (χ0n) is 12.6. The number of benzene rings is 1. The fourth-order valence-electron chi connectivity index (χ4n) is 2.83. The molecule has 0 aliphatic carbocycles. The maximum Gasteiger partial charge on any atom is 0.321 e. The lowest BCUT2D eigenvalue weighted by atomic mass is 9.92. The van der Waals surface area contributed by atoms with E-state index in [1.807, 2.05) is 36.1 Å². The van der Waals surface area contributed by atoms with Gasteiger partial charge in [0, 0.05) is 18.8 Å². The molecule has 1 aliphatic rings. The predicted molar refractivity (Wildman–Crippen MR) is 81.1 cm³/mol. The van der Waals surface area contributed by atoms with Crippen LogP contribution in [0.4, 0.5) is 10.5 Å². The lowest BCUT2D eigenvalue weighted by Gasteiger charge is -2.34. The number of rotatable bonds is 3. The standard InChI is InChI=1S/C16H24N2O2/c1-4-20-15-7-5-14(6-8-15)17-16(19)18-10-12(2)9-13(3)11-18/h5-8,12-13H,4,9-11H2,1-3H3,(H,17,19)/t12-,13-/m1/s1. The van der Waals surface area contributed by atoms with Crippen LogP contribution in [0.5, 0.6) is 5.75 Å². The van der Waals surface area contributed by atoms with Gasteiger partial charge in [-0.1, -0.05) is 13.8 Å². The maximum absolute atomic E-state index is 12.3. The van der Waals surface area contributed by atoms with E-state index in [1.165, 1.54) is 6.42 Å². The van der Waals surface area contributed by atoms with Crippen molar-refractivity contribution >= 4 is 11.7 Å². The van der Waals surface area contributed by atoms with Crippen molar-refractivity contribution in [3.63, 3.8) is 0 Å². The Hall–Kier alpha value is -1.71. The van der Waals surface area contributed by atoms with Crippen molar-refractivity contribution in [2.24, 2.45) is 11.8 Å². The summed E-state index contributed by atoms with van der Waals surface area (Å²) in [6.45, 7) is 8.68. The Balaban J connectivity index is 1.93. The van der Waals surface area contributed by atoms with Gasteiger partial charge in [0.05, 0.1) is 6.61 Å².